The first-order chi connectivity index (χ1) is 21.3. The number of amides is 2. The van der Waals surface area contributed by atoms with Gasteiger partial charge in [0.1, 0.15) is 6.29 Å². The minimum absolute atomic E-state index is 0.0226. The maximum absolute atomic E-state index is 11.6. The van der Waals surface area contributed by atoms with E-state index in [-0.39, 0.29) is 41.8 Å². The molecule has 0 bridgehead atoms. The Morgan fingerprint density at radius 3 is 1.20 bits per heavy atom. The molecular weight excluding hydrogens is 580 g/mol. The average molecular weight is 643 g/mol. The summed E-state index contributed by atoms with van der Waals surface area (Å²) >= 11 is 0. The molecule has 4 rings (SSSR count). The Morgan fingerprint density at radius 2 is 0.889 bits per heavy atom. The fourth-order valence-electron chi connectivity index (χ4n) is 6.27. The lowest BCUT2D eigenvalue weighted by molar-refractivity contribution is -0.175. The first-order valence-corrected chi connectivity index (χ1v) is 17.0. The summed E-state index contributed by atoms with van der Waals surface area (Å²) in [6.07, 6.45) is 15.4. The van der Waals surface area contributed by atoms with Crippen LogP contribution in [-0.2, 0) is 28.9 Å². The van der Waals surface area contributed by atoms with Crippen molar-refractivity contribution in [1.29, 1.82) is 0 Å². The summed E-state index contributed by atoms with van der Waals surface area (Å²) < 4.78 is 0. The number of hydroxylamine groups is 4. The van der Waals surface area contributed by atoms with E-state index in [9.17, 15) is 24.3 Å². The van der Waals surface area contributed by atoms with Crippen LogP contribution in [0.3, 0.4) is 0 Å². The Morgan fingerprint density at radius 1 is 0.578 bits per heavy atom. The Hall–Kier alpha value is -2.08. The number of aliphatic hydroxyl groups excluding tert-OH is 2. The number of hydrogen-bond acceptors (Lipinski definition) is 8. The van der Waals surface area contributed by atoms with Crippen LogP contribution >= 0.6 is 0 Å². The number of aldehydes is 1. The molecule has 4 fully saturated rings. The van der Waals surface area contributed by atoms with E-state index in [1.54, 1.807) is 14.1 Å². The van der Waals surface area contributed by atoms with Gasteiger partial charge in [-0.2, -0.15) is 0 Å². The van der Waals surface area contributed by atoms with Gasteiger partial charge in [-0.15, -0.1) is 0 Å². The normalized spacial score (nSPS) is 31.2. The smallest absolute Gasteiger partial charge is 0.306 e. The molecule has 0 atom stereocenters. The van der Waals surface area contributed by atoms with Gasteiger partial charge >= 0.3 is 5.97 Å². The predicted octanol–water partition coefficient (Wildman–Crippen LogP) is 5.02. The van der Waals surface area contributed by atoms with Gasteiger partial charge in [0.05, 0.1) is 32.3 Å². The van der Waals surface area contributed by atoms with Crippen molar-refractivity contribution in [2.45, 2.75) is 129 Å². The summed E-state index contributed by atoms with van der Waals surface area (Å²) in [5, 5.41) is 29.4. The molecule has 11 nitrogen and oxygen atoms in total. The number of carboxylic acids is 1. The predicted molar refractivity (Wildman–Crippen MR) is 171 cm³/mol. The third-order valence-electron chi connectivity index (χ3n) is 9.88. The molecule has 0 heterocycles. The Balaban J connectivity index is 0.000000303. The summed E-state index contributed by atoms with van der Waals surface area (Å²) in [6.45, 7) is 4.52. The second kappa shape index (κ2) is 22.4. The van der Waals surface area contributed by atoms with Crippen LogP contribution in [0.1, 0.15) is 117 Å². The largest absolute Gasteiger partial charge is 0.481 e. The minimum Gasteiger partial charge on any atom is -0.481 e. The lowest BCUT2D eigenvalue weighted by Gasteiger charge is -2.27. The van der Waals surface area contributed by atoms with Crippen LogP contribution in [0.25, 0.3) is 0 Å². The Bertz CT molecular complexity index is 801. The number of aliphatic hydroxyl groups is 2. The fourth-order valence-corrected chi connectivity index (χ4v) is 6.27. The van der Waals surface area contributed by atoms with Crippen LogP contribution in [0, 0.1) is 35.5 Å². The zero-order chi connectivity index (χ0) is 33.9. The van der Waals surface area contributed by atoms with Crippen molar-refractivity contribution in [2.75, 3.05) is 28.3 Å². The average Bonchev–Trinajstić information content (AvgIpc) is 3.05. The highest BCUT2D eigenvalue weighted by Crippen LogP contribution is 2.30. The summed E-state index contributed by atoms with van der Waals surface area (Å²) in [5.74, 6) is 1.51. The number of hydrogen-bond donors (Lipinski definition) is 3. The number of nitrogens with zero attached hydrogens (tertiary/aromatic N) is 2. The van der Waals surface area contributed by atoms with E-state index in [0.717, 1.165) is 69.5 Å². The van der Waals surface area contributed by atoms with E-state index < -0.39 is 5.97 Å². The summed E-state index contributed by atoms with van der Waals surface area (Å²) in [4.78, 5) is 53.5. The Kier molecular flexibility index (Phi) is 20.4. The maximum atomic E-state index is 11.6. The molecule has 11 heteroatoms. The highest BCUT2D eigenvalue weighted by molar-refractivity contribution is 5.78. The molecule has 4 saturated carbocycles. The van der Waals surface area contributed by atoms with Crippen molar-refractivity contribution in [2.24, 2.45) is 35.5 Å². The molecular formula is C34H62N2O9. The van der Waals surface area contributed by atoms with Crippen molar-refractivity contribution in [1.82, 2.24) is 10.1 Å². The number of aliphatic carboxylic acids is 1. The summed E-state index contributed by atoms with van der Waals surface area (Å²) in [7, 11) is 6.31. The van der Waals surface area contributed by atoms with E-state index in [1.165, 1.54) is 50.0 Å². The van der Waals surface area contributed by atoms with E-state index >= 15 is 0 Å². The van der Waals surface area contributed by atoms with Gasteiger partial charge in [-0.3, -0.25) is 24.1 Å². The molecule has 0 aliphatic heterocycles. The van der Waals surface area contributed by atoms with Crippen LogP contribution in [-0.4, -0.2) is 90.0 Å². The number of rotatable bonds is 6. The first kappa shape index (κ1) is 40.9. The third kappa shape index (κ3) is 16.4. The molecule has 0 radical (unpaired) electrons. The van der Waals surface area contributed by atoms with Crippen molar-refractivity contribution < 1.29 is 44.2 Å². The first-order valence-electron chi connectivity index (χ1n) is 17.0. The van der Waals surface area contributed by atoms with Crippen molar-refractivity contribution in [3.05, 3.63) is 0 Å². The van der Waals surface area contributed by atoms with Crippen molar-refractivity contribution in [3.8, 4) is 0 Å². The second-order valence-corrected chi connectivity index (χ2v) is 13.5. The summed E-state index contributed by atoms with van der Waals surface area (Å²) in [6, 6.07) is 0. The van der Waals surface area contributed by atoms with Crippen LogP contribution < -0.4 is 0 Å². The quantitative estimate of drug-likeness (QED) is 0.268. The number of carboxylic acid groups (broad SMARTS) is 1. The minimum atomic E-state index is -0.716. The molecule has 262 valence electrons. The molecule has 4 aliphatic rings. The molecule has 0 aromatic carbocycles. The van der Waals surface area contributed by atoms with Crippen molar-refractivity contribution in [3.63, 3.8) is 0 Å². The molecule has 0 saturated heterocycles. The van der Waals surface area contributed by atoms with E-state index in [4.69, 9.17) is 19.9 Å². The van der Waals surface area contributed by atoms with Gasteiger partial charge in [0.2, 0.25) is 11.8 Å². The second-order valence-electron chi connectivity index (χ2n) is 13.5. The van der Waals surface area contributed by atoms with Gasteiger partial charge in [-0.1, -0.05) is 26.7 Å². The van der Waals surface area contributed by atoms with Crippen LogP contribution in [0.4, 0.5) is 0 Å². The molecule has 0 spiro atoms. The zero-order valence-corrected chi connectivity index (χ0v) is 28.7. The molecule has 0 aromatic rings. The van der Waals surface area contributed by atoms with Gasteiger partial charge in [0.15, 0.2) is 0 Å². The lowest BCUT2D eigenvalue weighted by Crippen LogP contribution is -2.35. The van der Waals surface area contributed by atoms with Gasteiger partial charge in [0, 0.05) is 31.8 Å². The lowest BCUT2D eigenvalue weighted by atomic mass is 9.82. The van der Waals surface area contributed by atoms with Gasteiger partial charge in [0.25, 0.3) is 0 Å². The monoisotopic (exact) mass is 642 g/mol. The highest BCUT2D eigenvalue weighted by atomic mass is 16.7. The van der Waals surface area contributed by atoms with E-state index in [1.807, 2.05) is 0 Å². The topological polar surface area (TPSA) is 154 Å². The number of carbonyl (C=O) groups excluding carboxylic acids is 3. The molecule has 0 aromatic heterocycles. The van der Waals surface area contributed by atoms with Crippen LogP contribution in [0.2, 0.25) is 0 Å². The zero-order valence-electron chi connectivity index (χ0n) is 28.7. The van der Waals surface area contributed by atoms with Gasteiger partial charge in [-0.05, 0) is 102 Å². The van der Waals surface area contributed by atoms with Crippen molar-refractivity contribution >= 4 is 24.1 Å². The molecule has 45 heavy (non-hydrogen) atoms. The number of carbonyl (C=O) groups is 4. The summed E-state index contributed by atoms with van der Waals surface area (Å²) in [5.41, 5.74) is 0. The molecule has 4 aliphatic carbocycles. The van der Waals surface area contributed by atoms with Gasteiger partial charge < -0.3 is 20.1 Å². The molecule has 2 amide bonds. The van der Waals surface area contributed by atoms with Crippen LogP contribution in [0.5, 0.6) is 0 Å². The highest BCUT2D eigenvalue weighted by Gasteiger charge is 2.28. The van der Waals surface area contributed by atoms with E-state index in [2.05, 4.69) is 13.8 Å². The standard InChI is InChI=1S/C10H19NO2.C9H17NO3.C8H14O.C7H12O3/c1-8-4-6-9(7-5-8)10(12)11(2)13-3;1-10(13-2)9(12)7-3-5-8(11)6-4-7;1-7-2-4-8(6-9)5-3-7;8-6-3-1-5(2-4-6)7(9)10/h8-9H,4-7H2,1-3H3;7-8,11H,3-6H2,1-2H3;6-8H,2-5H2,1H3;5-6,8H,1-4H2,(H,9,10). The molecule has 3 N–H and O–H groups in total. The molecule has 0 unspecified atom stereocenters. The maximum Gasteiger partial charge on any atom is 0.306 e. The van der Waals surface area contributed by atoms with E-state index in [0.29, 0.717) is 31.6 Å². The third-order valence-corrected chi connectivity index (χ3v) is 9.88. The SMILES string of the molecule is CC1CCC(C=O)CC1.CON(C)C(=O)C1CCC(C)CC1.CON(C)C(=O)C1CCC(O)CC1.O=C(O)C1CCC(O)CC1. The fraction of sp³-hybridized carbons (Fsp3) is 0.882. The van der Waals surface area contributed by atoms with Crippen LogP contribution in [0.15, 0.2) is 0 Å². The Labute approximate surface area is 270 Å². The van der Waals surface area contributed by atoms with Gasteiger partial charge in [-0.25, -0.2) is 10.1 Å².